The Balaban J connectivity index is 1.05. The second-order valence-electron chi connectivity index (χ2n) is 11.7. The van der Waals surface area contributed by atoms with Gasteiger partial charge in [-0.15, -0.1) is 0 Å². The van der Waals surface area contributed by atoms with Gasteiger partial charge in [-0.1, -0.05) is 56.5 Å². The summed E-state index contributed by atoms with van der Waals surface area (Å²) in [4.78, 5) is 26.0. The molecule has 1 saturated heterocycles. The number of hydrogen-bond acceptors (Lipinski definition) is 10. The number of amides is 1. The maximum Gasteiger partial charge on any atom is 0.254 e. The third-order valence-electron chi connectivity index (χ3n) is 8.53. The van der Waals surface area contributed by atoms with Gasteiger partial charge in [-0.05, 0) is 30.5 Å². The summed E-state index contributed by atoms with van der Waals surface area (Å²) < 4.78 is 22.8. The van der Waals surface area contributed by atoms with Crippen molar-refractivity contribution in [2.75, 3.05) is 97.2 Å². The van der Waals surface area contributed by atoms with Gasteiger partial charge in [-0.2, -0.15) is 4.98 Å². The molecule has 2 aromatic rings. The van der Waals surface area contributed by atoms with Crippen molar-refractivity contribution in [2.24, 2.45) is 5.92 Å². The summed E-state index contributed by atoms with van der Waals surface area (Å²) in [6, 6.07) is 5.33. The van der Waals surface area contributed by atoms with Crippen LogP contribution in [0.3, 0.4) is 0 Å². The van der Waals surface area contributed by atoms with Crippen LogP contribution in [0.2, 0.25) is 5.02 Å². The zero-order valence-corrected chi connectivity index (χ0v) is 27.8. The van der Waals surface area contributed by atoms with Crippen molar-refractivity contribution < 1.29 is 23.7 Å². The highest BCUT2D eigenvalue weighted by Crippen LogP contribution is 2.30. The number of nitrogens with one attached hydrogen (secondary N) is 2. The van der Waals surface area contributed by atoms with Crippen LogP contribution in [0.25, 0.3) is 0 Å². The van der Waals surface area contributed by atoms with Crippen LogP contribution in [0.1, 0.15) is 61.7 Å². The quantitative estimate of drug-likeness (QED) is 0.214. The van der Waals surface area contributed by atoms with E-state index in [0.29, 0.717) is 79.9 Å². The molecule has 2 N–H and O–H groups in total. The van der Waals surface area contributed by atoms with Gasteiger partial charge >= 0.3 is 0 Å². The molecule has 0 atom stereocenters. The van der Waals surface area contributed by atoms with Crippen molar-refractivity contribution >= 4 is 35.0 Å². The molecule has 12 heteroatoms. The molecule has 1 aliphatic heterocycles. The van der Waals surface area contributed by atoms with E-state index in [-0.39, 0.29) is 5.91 Å². The smallest absolute Gasteiger partial charge is 0.254 e. The van der Waals surface area contributed by atoms with Gasteiger partial charge in [0.05, 0.1) is 52.0 Å². The summed E-state index contributed by atoms with van der Waals surface area (Å²) in [5.74, 6) is 2.23. The first-order chi connectivity index (χ1) is 22.1. The Morgan fingerprint density at radius 3 is 2.29 bits per heavy atom. The fourth-order valence-corrected chi connectivity index (χ4v) is 6.01. The molecule has 0 bridgehead atoms. The van der Waals surface area contributed by atoms with Crippen LogP contribution in [0, 0.1) is 5.92 Å². The predicted molar refractivity (Wildman–Crippen MR) is 178 cm³/mol. The molecular weight excluding hydrogens is 596 g/mol. The van der Waals surface area contributed by atoms with Crippen molar-refractivity contribution in [3.05, 3.63) is 35.0 Å². The van der Waals surface area contributed by atoms with Crippen LogP contribution in [0.4, 0.5) is 17.5 Å². The Labute approximate surface area is 273 Å². The molecule has 0 radical (unpaired) electrons. The second-order valence-corrected chi connectivity index (χ2v) is 12.1. The van der Waals surface area contributed by atoms with Gasteiger partial charge in [0.15, 0.2) is 0 Å². The number of carbonyl (C=O) groups excluding carboxylic acids is 1. The van der Waals surface area contributed by atoms with Crippen molar-refractivity contribution in [3.8, 4) is 5.75 Å². The van der Waals surface area contributed by atoms with Crippen molar-refractivity contribution in [1.29, 1.82) is 0 Å². The Morgan fingerprint density at radius 1 is 0.933 bits per heavy atom. The highest BCUT2D eigenvalue weighted by molar-refractivity contribution is 6.32. The Kier molecular flexibility index (Phi) is 15.4. The fraction of sp³-hybridized carbons (Fsp3) is 0.667. The predicted octanol–water partition coefficient (Wildman–Crippen LogP) is 5.48. The van der Waals surface area contributed by atoms with Crippen LogP contribution in [0.5, 0.6) is 5.75 Å². The van der Waals surface area contributed by atoms with Crippen LogP contribution in [-0.2, 0) is 14.2 Å². The van der Waals surface area contributed by atoms with Crippen LogP contribution in [-0.4, -0.2) is 112 Å². The topological polar surface area (TPSA) is 110 Å². The average Bonchev–Trinajstić information content (AvgIpc) is 3.05. The Hall–Kier alpha value is -2.70. The molecule has 1 aliphatic carbocycles. The van der Waals surface area contributed by atoms with E-state index in [1.165, 1.54) is 57.6 Å². The van der Waals surface area contributed by atoms with Gasteiger partial charge in [0.25, 0.3) is 5.91 Å². The Bertz CT molecular complexity index is 1160. The van der Waals surface area contributed by atoms with E-state index in [0.717, 1.165) is 32.2 Å². The average molecular weight is 647 g/mol. The number of methoxy groups -OCH3 is 1. The molecule has 0 spiro atoms. The first-order valence-corrected chi connectivity index (χ1v) is 16.9. The van der Waals surface area contributed by atoms with Crippen LogP contribution in [0.15, 0.2) is 24.4 Å². The molecule has 1 saturated carbocycles. The normalized spacial score (nSPS) is 16.6. The van der Waals surface area contributed by atoms with E-state index in [9.17, 15) is 4.79 Å². The standard InChI is InChI=1S/C33H51ClN6O5/c1-35-31-28(34)25-36-33(38-31)37-29-11-10-27(24-30(29)42-2)32(41)40-15-13-39(14-16-40)17-19-44-21-23-45-22-20-43-18-12-26-8-6-4-3-5-7-9-26/h10-11,24-26H,3-9,12-23H2,1-2H3,(H2,35,36,37,38). The van der Waals surface area contributed by atoms with Gasteiger partial charge < -0.3 is 34.5 Å². The summed E-state index contributed by atoms with van der Waals surface area (Å²) in [6.07, 6.45) is 12.4. The zero-order chi connectivity index (χ0) is 31.7. The summed E-state index contributed by atoms with van der Waals surface area (Å²) in [7, 11) is 3.31. The molecule has 45 heavy (non-hydrogen) atoms. The molecule has 2 aliphatic rings. The van der Waals surface area contributed by atoms with Crippen molar-refractivity contribution in [1.82, 2.24) is 19.8 Å². The van der Waals surface area contributed by atoms with Crippen LogP contribution >= 0.6 is 11.6 Å². The molecule has 0 unspecified atom stereocenters. The fourth-order valence-electron chi connectivity index (χ4n) is 5.82. The number of hydrogen-bond donors (Lipinski definition) is 2. The molecule has 250 valence electrons. The van der Waals surface area contributed by atoms with E-state index < -0.39 is 0 Å². The van der Waals surface area contributed by atoms with E-state index in [1.807, 2.05) is 4.90 Å². The first kappa shape index (κ1) is 35.2. The maximum atomic E-state index is 13.2. The summed E-state index contributed by atoms with van der Waals surface area (Å²) >= 11 is 6.08. The van der Waals surface area contributed by atoms with E-state index in [4.69, 9.17) is 30.5 Å². The van der Waals surface area contributed by atoms with Gasteiger partial charge in [0, 0.05) is 51.9 Å². The first-order valence-electron chi connectivity index (χ1n) is 16.5. The van der Waals surface area contributed by atoms with Crippen molar-refractivity contribution in [3.63, 3.8) is 0 Å². The lowest BCUT2D eigenvalue weighted by atomic mass is 9.89. The molecule has 4 rings (SSSR count). The molecular formula is C33H51ClN6O5. The minimum atomic E-state index is -0.0167. The number of piperazine rings is 1. The molecule has 1 aromatic heterocycles. The molecule has 2 heterocycles. The number of anilines is 3. The molecule has 2 fully saturated rings. The molecule has 11 nitrogen and oxygen atoms in total. The second kappa shape index (κ2) is 19.7. The highest BCUT2D eigenvalue weighted by atomic mass is 35.5. The number of ether oxygens (including phenoxy) is 4. The van der Waals surface area contributed by atoms with Crippen LogP contribution < -0.4 is 15.4 Å². The summed E-state index contributed by atoms with van der Waals surface area (Å²) in [5.41, 5.74) is 1.22. The lowest BCUT2D eigenvalue weighted by molar-refractivity contribution is 0.00597. The monoisotopic (exact) mass is 646 g/mol. The summed E-state index contributed by atoms with van der Waals surface area (Å²) in [6.45, 7) is 7.70. The number of benzene rings is 1. The minimum absolute atomic E-state index is 0.0167. The van der Waals surface area contributed by atoms with Gasteiger partial charge in [0.2, 0.25) is 5.95 Å². The molecule has 1 aromatic carbocycles. The largest absolute Gasteiger partial charge is 0.495 e. The number of aromatic nitrogens is 2. The number of rotatable bonds is 17. The molecule has 1 amide bonds. The maximum absolute atomic E-state index is 13.2. The van der Waals surface area contributed by atoms with E-state index in [1.54, 1.807) is 32.4 Å². The highest BCUT2D eigenvalue weighted by Gasteiger charge is 2.23. The number of halogens is 1. The van der Waals surface area contributed by atoms with Gasteiger partial charge in [-0.25, -0.2) is 4.98 Å². The van der Waals surface area contributed by atoms with Gasteiger partial charge in [0.1, 0.15) is 16.6 Å². The number of carbonyl (C=O) groups is 1. The third-order valence-corrected chi connectivity index (χ3v) is 8.80. The van der Waals surface area contributed by atoms with E-state index >= 15 is 0 Å². The summed E-state index contributed by atoms with van der Waals surface area (Å²) in [5, 5.41) is 6.49. The minimum Gasteiger partial charge on any atom is -0.495 e. The lowest BCUT2D eigenvalue weighted by Gasteiger charge is -2.34. The lowest BCUT2D eigenvalue weighted by Crippen LogP contribution is -2.49. The third kappa shape index (κ3) is 11.9. The van der Waals surface area contributed by atoms with Gasteiger partial charge in [-0.3, -0.25) is 9.69 Å². The Morgan fingerprint density at radius 2 is 1.60 bits per heavy atom. The zero-order valence-electron chi connectivity index (χ0n) is 27.0. The van der Waals surface area contributed by atoms with E-state index in [2.05, 4.69) is 25.5 Å². The SMILES string of the molecule is CNc1nc(Nc2ccc(C(=O)N3CCN(CCOCCOCCOCCC4CCCCCCC4)CC3)cc2OC)ncc1Cl. The number of nitrogens with zero attached hydrogens (tertiary/aromatic N) is 4. The van der Waals surface area contributed by atoms with Crippen molar-refractivity contribution in [2.45, 2.75) is 51.4 Å².